The van der Waals surface area contributed by atoms with Crippen molar-refractivity contribution in [2.45, 2.75) is 63.8 Å². The summed E-state index contributed by atoms with van der Waals surface area (Å²) in [5, 5.41) is 12.3. The normalized spacial score (nSPS) is 18.8. The molecule has 1 aromatic carbocycles. The molecule has 0 bridgehead atoms. The summed E-state index contributed by atoms with van der Waals surface area (Å²) in [6, 6.07) is 7.28. The fourth-order valence-corrected chi connectivity index (χ4v) is 4.47. The number of rotatable bonds is 4. The number of benzene rings is 1. The molecule has 0 amide bonds. The molecular weight excluding hydrogens is 393 g/mol. The van der Waals surface area contributed by atoms with Gasteiger partial charge in [0.2, 0.25) is 0 Å². The van der Waals surface area contributed by atoms with Gasteiger partial charge in [0, 0.05) is 29.7 Å². The van der Waals surface area contributed by atoms with E-state index in [4.69, 9.17) is 4.74 Å². The van der Waals surface area contributed by atoms with Crippen LogP contribution in [0.25, 0.3) is 11.3 Å². The molecule has 2 heterocycles. The Labute approximate surface area is 175 Å². The van der Waals surface area contributed by atoms with Crippen LogP contribution in [-0.2, 0) is 6.18 Å². The van der Waals surface area contributed by atoms with Crippen LogP contribution in [-0.4, -0.2) is 41.5 Å². The Morgan fingerprint density at radius 1 is 1.03 bits per heavy atom. The Morgan fingerprint density at radius 3 is 2.17 bits per heavy atom. The van der Waals surface area contributed by atoms with Crippen LogP contribution in [0.15, 0.2) is 30.3 Å². The van der Waals surface area contributed by atoms with Crippen LogP contribution >= 0.6 is 0 Å². The number of ether oxygens (including phenoxy) is 1. The second kappa shape index (κ2) is 7.72. The van der Waals surface area contributed by atoms with Crippen molar-refractivity contribution < 1.29 is 17.9 Å². The van der Waals surface area contributed by atoms with E-state index in [1.807, 2.05) is 13.1 Å². The first kappa shape index (κ1) is 22.3. The molecule has 1 saturated heterocycles. The van der Waals surface area contributed by atoms with Gasteiger partial charge < -0.3 is 15.0 Å². The molecule has 30 heavy (non-hydrogen) atoms. The lowest BCUT2D eigenvalue weighted by molar-refractivity contribution is -0.137. The number of hydrogen-bond acceptors (Lipinski definition) is 5. The highest BCUT2D eigenvalue weighted by Gasteiger charge is 2.39. The molecule has 5 nitrogen and oxygen atoms in total. The predicted molar refractivity (Wildman–Crippen MR) is 112 cm³/mol. The van der Waals surface area contributed by atoms with Crippen molar-refractivity contribution in [3.05, 3.63) is 35.9 Å². The van der Waals surface area contributed by atoms with Gasteiger partial charge in [0.15, 0.2) is 5.82 Å². The quantitative estimate of drug-likeness (QED) is 0.758. The fraction of sp³-hybridized carbons (Fsp3) is 0.545. The SMILES string of the molecule is COc1cc(C(F)(F)F)ccc1-c1ccc(N(C)C2CC(C)(C)NC(C)(C)C2)nn1. The van der Waals surface area contributed by atoms with Gasteiger partial charge in [-0.15, -0.1) is 10.2 Å². The molecule has 0 spiro atoms. The van der Waals surface area contributed by atoms with Gasteiger partial charge in [-0.2, -0.15) is 13.2 Å². The Kier molecular flexibility index (Phi) is 5.75. The van der Waals surface area contributed by atoms with Crippen molar-refractivity contribution in [2.24, 2.45) is 0 Å². The molecule has 0 radical (unpaired) electrons. The third-order valence-corrected chi connectivity index (χ3v) is 5.53. The van der Waals surface area contributed by atoms with Crippen LogP contribution in [0.5, 0.6) is 5.75 Å². The minimum atomic E-state index is -4.43. The zero-order chi connectivity index (χ0) is 22.3. The first-order chi connectivity index (χ1) is 13.8. The maximum Gasteiger partial charge on any atom is 0.416 e. The van der Waals surface area contributed by atoms with E-state index in [1.54, 1.807) is 6.07 Å². The summed E-state index contributed by atoms with van der Waals surface area (Å²) in [4.78, 5) is 2.13. The first-order valence-corrected chi connectivity index (χ1v) is 9.93. The van der Waals surface area contributed by atoms with E-state index in [9.17, 15) is 13.2 Å². The van der Waals surface area contributed by atoms with Crippen molar-refractivity contribution in [3.63, 3.8) is 0 Å². The Hall–Kier alpha value is -2.35. The lowest BCUT2D eigenvalue weighted by atomic mass is 9.79. The van der Waals surface area contributed by atoms with E-state index in [1.165, 1.54) is 13.2 Å². The van der Waals surface area contributed by atoms with Crippen molar-refractivity contribution >= 4 is 5.82 Å². The topological polar surface area (TPSA) is 50.3 Å². The number of anilines is 1. The second-order valence-corrected chi connectivity index (χ2v) is 9.26. The van der Waals surface area contributed by atoms with Crippen LogP contribution in [0, 0.1) is 0 Å². The van der Waals surface area contributed by atoms with Crippen LogP contribution < -0.4 is 15.0 Å². The number of halogens is 3. The lowest BCUT2D eigenvalue weighted by Crippen LogP contribution is -2.62. The second-order valence-electron chi connectivity index (χ2n) is 9.26. The third-order valence-electron chi connectivity index (χ3n) is 5.53. The number of hydrogen-bond donors (Lipinski definition) is 1. The molecule has 1 aliphatic heterocycles. The van der Waals surface area contributed by atoms with Gasteiger partial charge in [0.25, 0.3) is 0 Å². The molecule has 1 fully saturated rings. The average molecular weight is 422 g/mol. The fourth-order valence-electron chi connectivity index (χ4n) is 4.47. The minimum absolute atomic E-state index is 0.00163. The summed E-state index contributed by atoms with van der Waals surface area (Å²) in [5.74, 6) is 0.838. The summed E-state index contributed by atoms with van der Waals surface area (Å²) in [6.45, 7) is 8.78. The predicted octanol–water partition coefficient (Wildman–Crippen LogP) is 4.92. The van der Waals surface area contributed by atoms with Gasteiger partial charge in [-0.05, 0) is 70.9 Å². The van der Waals surface area contributed by atoms with E-state index in [0.29, 0.717) is 11.3 Å². The average Bonchev–Trinajstić information content (AvgIpc) is 2.64. The summed E-state index contributed by atoms with van der Waals surface area (Å²) in [5.41, 5.74) is 0.173. The zero-order valence-corrected chi connectivity index (χ0v) is 18.3. The summed E-state index contributed by atoms with van der Waals surface area (Å²) >= 11 is 0. The molecule has 164 valence electrons. The largest absolute Gasteiger partial charge is 0.496 e. The molecule has 1 aromatic heterocycles. The van der Waals surface area contributed by atoms with E-state index in [2.05, 4.69) is 48.1 Å². The molecule has 1 aliphatic rings. The van der Waals surface area contributed by atoms with Crippen LogP contribution in [0.4, 0.5) is 19.0 Å². The molecule has 0 atom stereocenters. The van der Waals surface area contributed by atoms with E-state index >= 15 is 0 Å². The van der Waals surface area contributed by atoms with Gasteiger partial charge >= 0.3 is 6.18 Å². The van der Waals surface area contributed by atoms with Gasteiger partial charge in [-0.1, -0.05) is 0 Å². The number of nitrogens with one attached hydrogen (secondary N) is 1. The highest BCUT2D eigenvalue weighted by atomic mass is 19.4. The zero-order valence-electron chi connectivity index (χ0n) is 18.3. The van der Waals surface area contributed by atoms with Crippen molar-refractivity contribution in [3.8, 4) is 17.0 Å². The molecule has 8 heteroatoms. The number of piperidine rings is 1. The molecule has 2 aromatic rings. The van der Waals surface area contributed by atoms with Crippen molar-refractivity contribution in [1.82, 2.24) is 15.5 Å². The van der Waals surface area contributed by atoms with E-state index < -0.39 is 11.7 Å². The highest BCUT2D eigenvalue weighted by molar-refractivity contribution is 5.68. The highest BCUT2D eigenvalue weighted by Crippen LogP contribution is 2.37. The molecule has 0 unspecified atom stereocenters. The van der Waals surface area contributed by atoms with Crippen LogP contribution in [0.3, 0.4) is 0 Å². The summed E-state index contributed by atoms with van der Waals surface area (Å²) < 4.78 is 44.1. The van der Waals surface area contributed by atoms with Crippen molar-refractivity contribution in [1.29, 1.82) is 0 Å². The smallest absolute Gasteiger partial charge is 0.416 e. The molecule has 3 rings (SSSR count). The van der Waals surface area contributed by atoms with Gasteiger partial charge in [0.05, 0.1) is 18.4 Å². The molecular formula is C22H29F3N4O. The number of aromatic nitrogens is 2. The standard InChI is InChI=1S/C22H29F3N4O/c1-20(2)12-15(13-21(3,4)28-20)29(5)19-10-9-17(26-27-19)16-8-7-14(22(23,24)25)11-18(16)30-6/h7-11,15,28H,12-13H2,1-6H3. The number of nitrogens with zero attached hydrogens (tertiary/aromatic N) is 3. The van der Waals surface area contributed by atoms with Crippen LogP contribution in [0.1, 0.15) is 46.1 Å². The molecule has 0 aliphatic carbocycles. The maximum atomic E-state index is 13.0. The Morgan fingerprint density at radius 2 is 1.67 bits per heavy atom. The minimum Gasteiger partial charge on any atom is -0.496 e. The molecule has 1 N–H and O–H groups in total. The Balaban J connectivity index is 1.85. The number of methoxy groups -OCH3 is 1. The van der Waals surface area contributed by atoms with Gasteiger partial charge in [-0.3, -0.25) is 0 Å². The third kappa shape index (κ3) is 4.86. The van der Waals surface area contributed by atoms with Crippen molar-refractivity contribution in [2.75, 3.05) is 19.1 Å². The van der Waals surface area contributed by atoms with Gasteiger partial charge in [0.1, 0.15) is 5.75 Å². The number of alkyl halides is 3. The monoisotopic (exact) mass is 422 g/mol. The lowest BCUT2D eigenvalue weighted by Gasteiger charge is -2.49. The van der Waals surface area contributed by atoms with E-state index in [0.717, 1.165) is 30.8 Å². The van der Waals surface area contributed by atoms with E-state index in [-0.39, 0.29) is 22.9 Å². The Bertz CT molecular complexity index is 878. The summed E-state index contributed by atoms with van der Waals surface area (Å²) in [6.07, 6.45) is -2.51. The van der Waals surface area contributed by atoms with Crippen LogP contribution in [0.2, 0.25) is 0 Å². The first-order valence-electron chi connectivity index (χ1n) is 9.93. The molecule has 0 saturated carbocycles. The maximum absolute atomic E-state index is 13.0. The summed E-state index contributed by atoms with van der Waals surface area (Å²) in [7, 11) is 3.35. The van der Waals surface area contributed by atoms with Gasteiger partial charge in [-0.25, -0.2) is 0 Å².